The van der Waals surface area contributed by atoms with Crippen molar-refractivity contribution in [1.82, 2.24) is 4.57 Å². The zero-order chi connectivity index (χ0) is 11.7. The van der Waals surface area contributed by atoms with Crippen LogP contribution in [0.1, 0.15) is 25.5 Å². The Morgan fingerprint density at radius 1 is 1.44 bits per heavy atom. The van der Waals surface area contributed by atoms with E-state index in [9.17, 15) is 4.79 Å². The first-order valence-corrected chi connectivity index (χ1v) is 5.38. The lowest BCUT2D eigenvalue weighted by molar-refractivity contribution is 0.299. The summed E-state index contributed by atoms with van der Waals surface area (Å²) in [5.74, 6) is -0.328. The first kappa shape index (κ1) is 11.0. The summed E-state index contributed by atoms with van der Waals surface area (Å²) in [6.07, 6.45) is 0.591. The largest absolute Gasteiger partial charge is 0.420 e. The van der Waals surface area contributed by atoms with Gasteiger partial charge in [-0.2, -0.15) is 0 Å². The number of rotatable bonds is 3. The van der Waals surface area contributed by atoms with E-state index in [-0.39, 0.29) is 18.4 Å². The Morgan fingerprint density at radius 3 is 2.81 bits per heavy atom. The van der Waals surface area contributed by atoms with Crippen LogP contribution in [0.25, 0.3) is 11.1 Å². The second-order valence-corrected chi connectivity index (χ2v) is 4.11. The minimum absolute atomic E-state index is 0.0677. The van der Waals surface area contributed by atoms with Gasteiger partial charge in [0.1, 0.15) is 0 Å². The van der Waals surface area contributed by atoms with E-state index in [0.717, 1.165) is 11.1 Å². The maximum Gasteiger partial charge on any atom is 0.420 e. The quantitative estimate of drug-likeness (QED) is 0.858. The third-order valence-corrected chi connectivity index (χ3v) is 2.59. The normalized spacial score (nSPS) is 11.5. The molecular formula is C12H15NO3. The Bertz CT molecular complexity index is 551. The SMILES string of the molecule is CC(C)n1c(=O)oc2ccc(CCO)cc21. The first-order valence-electron chi connectivity index (χ1n) is 5.38. The molecule has 0 saturated heterocycles. The maximum atomic E-state index is 11.6. The van der Waals surface area contributed by atoms with Crippen LogP contribution in [0.5, 0.6) is 0 Å². The van der Waals surface area contributed by atoms with E-state index < -0.39 is 0 Å². The molecule has 0 aliphatic rings. The lowest BCUT2D eigenvalue weighted by Crippen LogP contribution is -2.16. The Labute approximate surface area is 93.1 Å². The van der Waals surface area contributed by atoms with Gasteiger partial charge in [0.2, 0.25) is 0 Å². The third-order valence-electron chi connectivity index (χ3n) is 2.59. The average molecular weight is 221 g/mol. The Morgan fingerprint density at radius 2 is 2.19 bits per heavy atom. The predicted molar refractivity (Wildman–Crippen MR) is 61.6 cm³/mol. The van der Waals surface area contributed by atoms with Crippen molar-refractivity contribution in [3.8, 4) is 0 Å². The third kappa shape index (κ3) is 1.76. The average Bonchev–Trinajstić information content (AvgIpc) is 2.53. The van der Waals surface area contributed by atoms with Crippen molar-refractivity contribution in [2.75, 3.05) is 6.61 Å². The van der Waals surface area contributed by atoms with Crippen LogP contribution >= 0.6 is 0 Å². The molecule has 16 heavy (non-hydrogen) atoms. The van der Waals surface area contributed by atoms with Crippen LogP contribution in [-0.4, -0.2) is 16.3 Å². The topological polar surface area (TPSA) is 55.4 Å². The van der Waals surface area contributed by atoms with Gasteiger partial charge in [-0.25, -0.2) is 4.79 Å². The number of aliphatic hydroxyl groups is 1. The molecule has 1 aromatic carbocycles. The molecule has 0 unspecified atom stereocenters. The minimum Gasteiger partial charge on any atom is -0.408 e. The van der Waals surface area contributed by atoms with Crippen LogP contribution < -0.4 is 5.76 Å². The predicted octanol–water partition coefficient (Wildman–Crippen LogP) is 1.71. The number of fused-ring (bicyclic) bond motifs is 1. The summed E-state index contributed by atoms with van der Waals surface area (Å²) in [6.45, 7) is 3.99. The van der Waals surface area contributed by atoms with E-state index in [1.54, 1.807) is 10.6 Å². The molecule has 0 radical (unpaired) electrons. The van der Waals surface area contributed by atoms with Crippen LogP contribution in [0, 0.1) is 0 Å². The molecular weight excluding hydrogens is 206 g/mol. The van der Waals surface area contributed by atoms with E-state index in [1.807, 2.05) is 26.0 Å². The molecule has 1 N–H and O–H groups in total. The first-order chi connectivity index (χ1) is 7.63. The fraction of sp³-hybridized carbons (Fsp3) is 0.417. The van der Waals surface area contributed by atoms with Gasteiger partial charge in [0, 0.05) is 12.6 Å². The molecule has 0 bridgehead atoms. The zero-order valence-corrected chi connectivity index (χ0v) is 9.43. The van der Waals surface area contributed by atoms with Gasteiger partial charge in [-0.1, -0.05) is 6.07 Å². The van der Waals surface area contributed by atoms with E-state index >= 15 is 0 Å². The summed E-state index contributed by atoms with van der Waals surface area (Å²) in [5, 5.41) is 8.88. The molecule has 4 nitrogen and oxygen atoms in total. The number of oxazole rings is 1. The zero-order valence-electron chi connectivity index (χ0n) is 9.43. The molecule has 0 saturated carbocycles. The molecule has 0 atom stereocenters. The van der Waals surface area contributed by atoms with Crippen LogP contribution in [0.3, 0.4) is 0 Å². The monoisotopic (exact) mass is 221 g/mol. The molecule has 0 aliphatic carbocycles. The fourth-order valence-electron chi connectivity index (χ4n) is 1.85. The number of aromatic nitrogens is 1. The summed E-state index contributed by atoms with van der Waals surface area (Å²) in [7, 11) is 0. The van der Waals surface area contributed by atoms with Crippen molar-refractivity contribution in [2.45, 2.75) is 26.3 Å². The van der Waals surface area contributed by atoms with E-state index in [4.69, 9.17) is 9.52 Å². The van der Waals surface area contributed by atoms with Crippen LogP contribution in [-0.2, 0) is 6.42 Å². The highest BCUT2D eigenvalue weighted by Crippen LogP contribution is 2.18. The van der Waals surface area contributed by atoms with Gasteiger partial charge in [0.15, 0.2) is 5.58 Å². The smallest absolute Gasteiger partial charge is 0.408 e. The summed E-state index contributed by atoms with van der Waals surface area (Å²) in [5.41, 5.74) is 2.40. The number of aliphatic hydroxyl groups excluding tert-OH is 1. The summed E-state index contributed by atoms with van der Waals surface area (Å²) < 4.78 is 6.76. The molecule has 4 heteroatoms. The van der Waals surface area contributed by atoms with Gasteiger partial charge in [-0.3, -0.25) is 4.57 Å². The van der Waals surface area contributed by atoms with Gasteiger partial charge in [0.25, 0.3) is 0 Å². The summed E-state index contributed by atoms with van der Waals surface area (Å²) in [4.78, 5) is 11.6. The van der Waals surface area contributed by atoms with Crippen LogP contribution in [0.15, 0.2) is 27.4 Å². The molecule has 1 aromatic heterocycles. The molecule has 0 aliphatic heterocycles. The molecule has 0 amide bonds. The standard InChI is InChI=1S/C12H15NO3/c1-8(2)13-10-7-9(5-6-14)3-4-11(10)16-12(13)15/h3-4,7-8,14H,5-6H2,1-2H3. The van der Waals surface area contributed by atoms with E-state index in [2.05, 4.69) is 0 Å². The summed E-state index contributed by atoms with van der Waals surface area (Å²) >= 11 is 0. The van der Waals surface area contributed by atoms with Crippen LogP contribution in [0.4, 0.5) is 0 Å². The van der Waals surface area contributed by atoms with E-state index in [0.29, 0.717) is 12.0 Å². The van der Waals surface area contributed by atoms with Crippen LogP contribution in [0.2, 0.25) is 0 Å². The molecule has 0 fully saturated rings. The van der Waals surface area contributed by atoms with Crippen molar-refractivity contribution in [3.63, 3.8) is 0 Å². The van der Waals surface area contributed by atoms with Gasteiger partial charge in [0.05, 0.1) is 5.52 Å². The Hall–Kier alpha value is -1.55. The number of hydrogen-bond acceptors (Lipinski definition) is 3. The molecule has 86 valence electrons. The summed E-state index contributed by atoms with van der Waals surface area (Å²) in [6, 6.07) is 5.61. The number of benzene rings is 1. The Balaban J connectivity index is 2.65. The minimum atomic E-state index is -0.328. The van der Waals surface area contributed by atoms with Crippen molar-refractivity contribution in [1.29, 1.82) is 0 Å². The van der Waals surface area contributed by atoms with Gasteiger partial charge in [-0.15, -0.1) is 0 Å². The van der Waals surface area contributed by atoms with Crippen molar-refractivity contribution >= 4 is 11.1 Å². The van der Waals surface area contributed by atoms with E-state index in [1.165, 1.54) is 0 Å². The molecule has 0 spiro atoms. The number of hydrogen-bond donors (Lipinski definition) is 1. The molecule has 2 rings (SSSR count). The number of nitrogens with zero attached hydrogens (tertiary/aromatic N) is 1. The lowest BCUT2D eigenvalue weighted by Gasteiger charge is -2.06. The highest BCUT2D eigenvalue weighted by Gasteiger charge is 2.11. The highest BCUT2D eigenvalue weighted by atomic mass is 16.4. The van der Waals surface area contributed by atoms with Crippen molar-refractivity contribution < 1.29 is 9.52 Å². The lowest BCUT2D eigenvalue weighted by atomic mass is 10.1. The van der Waals surface area contributed by atoms with Gasteiger partial charge < -0.3 is 9.52 Å². The second kappa shape index (κ2) is 4.14. The fourth-order valence-corrected chi connectivity index (χ4v) is 1.85. The van der Waals surface area contributed by atoms with Crippen molar-refractivity contribution in [2.24, 2.45) is 0 Å². The molecule has 2 aromatic rings. The van der Waals surface area contributed by atoms with Gasteiger partial charge in [-0.05, 0) is 38.0 Å². The van der Waals surface area contributed by atoms with Crippen molar-refractivity contribution in [3.05, 3.63) is 34.3 Å². The maximum absolute atomic E-state index is 11.6. The van der Waals surface area contributed by atoms with Gasteiger partial charge >= 0.3 is 5.76 Å². The second-order valence-electron chi connectivity index (χ2n) is 4.11. The highest BCUT2D eigenvalue weighted by molar-refractivity contribution is 5.74. The molecule has 1 heterocycles. The Kier molecular flexibility index (Phi) is 2.83.